The van der Waals surface area contributed by atoms with E-state index < -0.39 is 0 Å². The van der Waals surface area contributed by atoms with Crippen LogP contribution >= 0.6 is 0 Å². The fourth-order valence-electron chi connectivity index (χ4n) is 5.60. The van der Waals surface area contributed by atoms with Crippen LogP contribution in [0.4, 0.5) is 0 Å². The first kappa shape index (κ1) is 34.4. The van der Waals surface area contributed by atoms with E-state index in [1.807, 2.05) is 6.07 Å². The van der Waals surface area contributed by atoms with Crippen molar-refractivity contribution in [2.75, 3.05) is 0 Å². The van der Waals surface area contributed by atoms with Crippen molar-refractivity contribution >= 4 is 30.7 Å². The third kappa shape index (κ3) is 7.51. The van der Waals surface area contributed by atoms with Crippen molar-refractivity contribution in [3.63, 3.8) is 0 Å². The zero-order valence-corrected chi connectivity index (χ0v) is 29.2. The van der Waals surface area contributed by atoms with Gasteiger partial charge in [-0.05, 0) is 37.7 Å². The molecule has 1 aliphatic heterocycles. The van der Waals surface area contributed by atoms with Crippen LogP contribution in [0, 0.1) is 25.8 Å². The number of benzene rings is 4. The van der Waals surface area contributed by atoms with E-state index in [0.717, 1.165) is 15.9 Å². The molecule has 1 aliphatic rings. The molecule has 0 spiro atoms. The molecule has 5 aromatic carbocycles. The third-order valence-electron chi connectivity index (χ3n) is 7.09. The van der Waals surface area contributed by atoms with Crippen LogP contribution < -0.4 is 35.2 Å². The van der Waals surface area contributed by atoms with Crippen LogP contribution in [-0.4, -0.2) is 9.52 Å². The van der Waals surface area contributed by atoms with E-state index in [2.05, 4.69) is 126 Å². The summed E-state index contributed by atoms with van der Waals surface area (Å²) in [7, 11) is 0.795. The first-order valence-corrected chi connectivity index (χ1v) is 14.5. The summed E-state index contributed by atoms with van der Waals surface area (Å²) in [5.74, 6) is 1.21. The summed E-state index contributed by atoms with van der Waals surface area (Å²) in [4.78, 5) is 0. The molecule has 0 atom stereocenters. The number of hydrogen-bond donors (Lipinski definition) is 0. The van der Waals surface area contributed by atoms with E-state index in [-0.39, 0.29) is 51.0 Å². The molecule has 0 amide bonds. The van der Waals surface area contributed by atoms with Gasteiger partial charge in [0.2, 0.25) is 0 Å². The van der Waals surface area contributed by atoms with Crippen LogP contribution in [-0.2, 0) is 32.6 Å². The second-order valence-corrected chi connectivity index (χ2v) is 12.4. The molecule has 0 N–H and O–H groups in total. The molecule has 0 aromatic heterocycles. The van der Waals surface area contributed by atoms with Crippen LogP contribution in [0.1, 0.15) is 55.9 Å². The monoisotopic (exact) mass is 656 g/mol. The largest absolute Gasteiger partial charge is 4.00 e. The number of rotatable bonds is 4. The molecule has 0 bridgehead atoms. The van der Waals surface area contributed by atoms with Crippen LogP contribution in [0.25, 0.3) is 33.0 Å². The molecule has 0 aliphatic carbocycles. The Balaban J connectivity index is 0.000000298. The van der Waals surface area contributed by atoms with Gasteiger partial charge in [-0.3, -0.25) is 0 Å². The molecule has 4 heteroatoms. The zero-order chi connectivity index (χ0) is 26.1. The van der Waals surface area contributed by atoms with Gasteiger partial charge in [-0.25, -0.2) is 0 Å². The second kappa shape index (κ2) is 14.9. The van der Waals surface area contributed by atoms with Gasteiger partial charge in [-0.15, -0.1) is 40.1 Å². The Morgan fingerprint density at radius 1 is 0.800 bits per heavy atom. The van der Waals surface area contributed by atoms with Crippen molar-refractivity contribution in [1.29, 1.82) is 0 Å². The molecular weight excluding hydrogens is 623 g/mol. The van der Waals surface area contributed by atoms with Crippen molar-refractivity contribution in [2.24, 2.45) is 5.92 Å². The summed E-state index contributed by atoms with van der Waals surface area (Å²) in [6.45, 7) is 13.6. The van der Waals surface area contributed by atoms with Crippen LogP contribution in [0.5, 0.6) is 0 Å². The normalized spacial score (nSPS) is 11.1. The zero-order valence-electron chi connectivity index (χ0n) is 24.2. The van der Waals surface area contributed by atoms with E-state index in [0.29, 0.717) is 11.8 Å². The Labute approximate surface area is 275 Å². The van der Waals surface area contributed by atoms with E-state index in [9.17, 15) is 0 Å². The molecule has 40 heavy (non-hydrogen) atoms. The predicted octanol–water partition coefficient (Wildman–Crippen LogP) is 2.29. The van der Waals surface area contributed by atoms with Crippen molar-refractivity contribution < 1.29 is 51.0 Å². The maximum Gasteiger partial charge on any atom is 4.00 e. The summed E-state index contributed by atoms with van der Waals surface area (Å²) in [5.41, 5.74) is 11.2. The summed E-state index contributed by atoms with van der Waals surface area (Å²) in [5, 5.41) is 5.62. The van der Waals surface area contributed by atoms with Crippen molar-refractivity contribution in [3.8, 4) is 22.3 Å². The molecule has 0 saturated carbocycles. The summed E-state index contributed by atoms with van der Waals surface area (Å²) in [6.07, 6.45) is 1.15. The number of hydrogen-bond acceptors (Lipinski definition) is 0. The van der Waals surface area contributed by atoms with Crippen molar-refractivity contribution in [2.45, 2.75) is 53.9 Å². The van der Waals surface area contributed by atoms with E-state index >= 15 is 0 Å². The molecule has 5 aromatic rings. The summed E-state index contributed by atoms with van der Waals surface area (Å²) >= 11 is 0. The van der Waals surface area contributed by atoms with Gasteiger partial charge in [-0.1, -0.05) is 103 Å². The topological polar surface area (TPSA) is 0 Å². The minimum atomic E-state index is 0. The van der Waals surface area contributed by atoms with Crippen molar-refractivity contribution in [3.05, 3.63) is 113 Å². The average molecular weight is 659 g/mol. The summed E-state index contributed by atoms with van der Waals surface area (Å²) < 4.78 is 0. The molecule has 0 nitrogen and oxygen atoms in total. The molecule has 202 valence electrons. The molecule has 1 heterocycles. The standard InChI is InChI=1S/C24H29.C12H7Si.2ClH.Zr/c1-15(2)9-19-13-20-7-8-22(16(3)4)24(23(20)14-19)21-11-17(5)10-18(6)12-21;1-3-7-11-9(5-1)10-6-2-4-8-12(10)13-11;;;/h7-8,10-16H,9H2,1-6H3;1-7H;2*1H;/q2*-1;;;+4/p-2. The van der Waals surface area contributed by atoms with Gasteiger partial charge in [0.15, 0.2) is 0 Å². The van der Waals surface area contributed by atoms with E-state index in [1.54, 1.807) is 0 Å². The van der Waals surface area contributed by atoms with Crippen LogP contribution in [0.3, 0.4) is 0 Å². The van der Waals surface area contributed by atoms with E-state index in [1.165, 1.54) is 65.7 Å². The van der Waals surface area contributed by atoms with Gasteiger partial charge in [0.1, 0.15) is 0 Å². The predicted molar refractivity (Wildman–Crippen MR) is 163 cm³/mol. The number of fused-ring (bicyclic) bond motifs is 4. The Bertz CT molecular complexity index is 1500. The minimum absolute atomic E-state index is 0. The second-order valence-electron chi connectivity index (χ2n) is 11.2. The first-order chi connectivity index (χ1) is 17.8. The molecular formula is C36H36Cl2SiZr. The smallest absolute Gasteiger partial charge is 1.00 e. The molecule has 0 fully saturated rings. The Morgan fingerprint density at radius 2 is 1.48 bits per heavy atom. The van der Waals surface area contributed by atoms with Gasteiger partial charge in [-0.2, -0.15) is 35.5 Å². The SMILES string of the molecule is Cc1cc(C)cc(-c2c(C(C)C)ccc3[cH-]c(CC(C)C)cc23)c1.[Cl-].[Cl-].[Zr+4].[c-]1cccc2c1[Si]c1ccccc1-2. The van der Waals surface area contributed by atoms with Gasteiger partial charge < -0.3 is 24.8 Å². The van der Waals surface area contributed by atoms with E-state index in [4.69, 9.17) is 0 Å². The fraction of sp³-hybridized carbons (Fsp3) is 0.250. The van der Waals surface area contributed by atoms with Gasteiger partial charge in [0, 0.05) is 0 Å². The molecule has 6 rings (SSSR count). The van der Waals surface area contributed by atoms with Gasteiger partial charge in [0.05, 0.1) is 9.52 Å². The number of aryl methyl sites for hydroxylation is 2. The Morgan fingerprint density at radius 3 is 2.15 bits per heavy atom. The maximum atomic E-state index is 3.31. The molecule has 0 unspecified atom stereocenters. The van der Waals surface area contributed by atoms with Gasteiger partial charge >= 0.3 is 26.2 Å². The average Bonchev–Trinajstić information content (AvgIpc) is 3.43. The number of halogens is 2. The molecule has 2 radical (unpaired) electrons. The van der Waals surface area contributed by atoms with Gasteiger partial charge in [0.25, 0.3) is 0 Å². The van der Waals surface area contributed by atoms with Crippen LogP contribution in [0.2, 0.25) is 0 Å². The molecule has 0 saturated heterocycles. The Hall–Kier alpha value is -1.83. The maximum absolute atomic E-state index is 3.31. The fourth-order valence-corrected chi connectivity index (χ4v) is 6.91. The van der Waals surface area contributed by atoms with Crippen LogP contribution in [0.15, 0.2) is 84.9 Å². The summed E-state index contributed by atoms with van der Waals surface area (Å²) in [6, 6.07) is 34.5. The quantitative estimate of drug-likeness (QED) is 0.202. The first-order valence-electron chi connectivity index (χ1n) is 13.5. The Kier molecular flexibility index (Phi) is 12.8. The minimum Gasteiger partial charge on any atom is -1.00 e. The third-order valence-corrected chi connectivity index (χ3v) is 8.46. The van der Waals surface area contributed by atoms with Crippen molar-refractivity contribution in [1.82, 2.24) is 0 Å².